The monoisotopic (exact) mass is 270 g/mol. The number of nitrogens with one attached hydrogen (secondary N) is 1. The molecule has 0 aromatic heterocycles. The Balaban J connectivity index is 2.26. The highest BCUT2D eigenvalue weighted by Gasteiger charge is 2.38. The molecule has 1 amide bonds. The highest BCUT2D eigenvalue weighted by atomic mass is 19.1. The molecule has 1 N–H and O–H groups in total. The zero-order valence-electron chi connectivity index (χ0n) is 10.2. The number of nitro benzene ring substituents is 1. The molecule has 102 valence electrons. The molecular formula is C12H12F2N2O3. The summed E-state index contributed by atoms with van der Waals surface area (Å²) in [5, 5.41) is 13.0. The number of hydrogen-bond donors (Lipinski definition) is 1. The number of benzene rings is 1. The van der Waals surface area contributed by atoms with E-state index in [2.05, 4.69) is 5.32 Å². The van der Waals surface area contributed by atoms with Crippen molar-refractivity contribution in [3.8, 4) is 0 Å². The van der Waals surface area contributed by atoms with Gasteiger partial charge in [0.25, 0.3) is 5.91 Å². The normalized spacial score (nSPS) is 21.0. The van der Waals surface area contributed by atoms with Crippen LogP contribution in [0.5, 0.6) is 0 Å². The van der Waals surface area contributed by atoms with Crippen molar-refractivity contribution in [3.05, 3.63) is 39.4 Å². The lowest BCUT2D eigenvalue weighted by Gasteiger charge is -2.06. The fraction of sp³-hybridized carbons (Fsp3) is 0.417. The van der Waals surface area contributed by atoms with Gasteiger partial charge in [-0.3, -0.25) is 14.9 Å². The van der Waals surface area contributed by atoms with Crippen molar-refractivity contribution < 1.29 is 18.5 Å². The Hall–Kier alpha value is -2.05. The zero-order chi connectivity index (χ0) is 14.2. The van der Waals surface area contributed by atoms with Crippen molar-refractivity contribution in [1.29, 1.82) is 0 Å². The average Bonchev–Trinajstić information content (AvgIpc) is 3.06. The summed E-state index contributed by atoms with van der Waals surface area (Å²) in [6, 6.07) is 1.32. The molecule has 1 saturated carbocycles. The van der Waals surface area contributed by atoms with E-state index in [1.807, 2.05) is 6.92 Å². The van der Waals surface area contributed by atoms with Crippen molar-refractivity contribution in [1.82, 2.24) is 5.32 Å². The maximum absolute atomic E-state index is 13.7. The number of hydrogen-bond acceptors (Lipinski definition) is 3. The zero-order valence-corrected chi connectivity index (χ0v) is 10.2. The number of carbonyl (C=O) groups excluding carboxylic acids is 1. The first kappa shape index (κ1) is 13.4. The van der Waals surface area contributed by atoms with E-state index in [0.29, 0.717) is 12.0 Å². The summed E-state index contributed by atoms with van der Waals surface area (Å²) in [5.41, 5.74) is -1.80. The van der Waals surface area contributed by atoms with Crippen molar-refractivity contribution >= 4 is 11.6 Å². The van der Waals surface area contributed by atoms with Gasteiger partial charge < -0.3 is 5.32 Å². The van der Waals surface area contributed by atoms with Crippen LogP contribution in [-0.4, -0.2) is 16.9 Å². The molecule has 2 atom stereocenters. The van der Waals surface area contributed by atoms with E-state index >= 15 is 0 Å². The summed E-state index contributed by atoms with van der Waals surface area (Å²) in [4.78, 5) is 21.3. The summed E-state index contributed by atoms with van der Waals surface area (Å²) in [7, 11) is 0. The molecule has 0 heterocycles. The summed E-state index contributed by atoms with van der Waals surface area (Å²) in [6.45, 7) is 1.95. The minimum atomic E-state index is -1.43. The molecule has 7 heteroatoms. The van der Waals surface area contributed by atoms with Crippen LogP contribution < -0.4 is 5.32 Å². The predicted molar refractivity (Wildman–Crippen MR) is 62.7 cm³/mol. The van der Waals surface area contributed by atoms with Gasteiger partial charge in [-0.1, -0.05) is 13.3 Å². The van der Waals surface area contributed by atoms with E-state index < -0.39 is 33.7 Å². The van der Waals surface area contributed by atoms with Gasteiger partial charge in [-0.2, -0.15) is 4.39 Å². The molecular weight excluding hydrogens is 258 g/mol. The Labute approximate surface area is 107 Å². The number of nitro groups is 1. The van der Waals surface area contributed by atoms with Gasteiger partial charge in [-0.15, -0.1) is 0 Å². The van der Waals surface area contributed by atoms with E-state index in [4.69, 9.17) is 0 Å². The van der Waals surface area contributed by atoms with Gasteiger partial charge in [0.15, 0.2) is 0 Å². The van der Waals surface area contributed by atoms with Crippen LogP contribution in [0.15, 0.2) is 12.1 Å². The molecule has 0 bridgehead atoms. The van der Waals surface area contributed by atoms with Crippen LogP contribution in [0.4, 0.5) is 14.5 Å². The molecule has 0 aliphatic heterocycles. The summed E-state index contributed by atoms with van der Waals surface area (Å²) >= 11 is 0. The predicted octanol–water partition coefficient (Wildman–Crippen LogP) is 2.40. The first-order chi connectivity index (χ1) is 8.95. The summed E-state index contributed by atoms with van der Waals surface area (Å²) < 4.78 is 27.2. The molecule has 0 radical (unpaired) electrons. The Morgan fingerprint density at radius 2 is 2.21 bits per heavy atom. The van der Waals surface area contributed by atoms with Crippen LogP contribution in [0, 0.1) is 27.7 Å². The summed E-state index contributed by atoms with van der Waals surface area (Å²) in [5.74, 6) is -3.17. The van der Waals surface area contributed by atoms with Crippen molar-refractivity contribution in [2.75, 3.05) is 0 Å². The number of carbonyl (C=O) groups is 1. The second-order valence-electron chi connectivity index (χ2n) is 4.50. The van der Waals surface area contributed by atoms with Crippen LogP contribution in [-0.2, 0) is 0 Å². The lowest BCUT2D eigenvalue weighted by Crippen LogP contribution is -2.28. The van der Waals surface area contributed by atoms with Crippen molar-refractivity contribution in [2.45, 2.75) is 25.8 Å². The largest absolute Gasteiger partial charge is 0.349 e. The average molecular weight is 270 g/mol. The number of halogens is 2. The topological polar surface area (TPSA) is 72.2 Å². The SMILES string of the molecule is CCC1CC1NC(=O)c1c(F)ccc([N+](=O)[O-])c1F. The first-order valence-electron chi connectivity index (χ1n) is 5.89. The van der Waals surface area contributed by atoms with E-state index in [9.17, 15) is 23.7 Å². The highest BCUT2D eigenvalue weighted by Crippen LogP contribution is 2.33. The molecule has 1 aromatic rings. The van der Waals surface area contributed by atoms with Crippen LogP contribution in [0.2, 0.25) is 0 Å². The number of nitrogens with zero attached hydrogens (tertiary/aromatic N) is 1. The second-order valence-corrected chi connectivity index (χ2v) is 4.50. The van der Waals surface area contributed by atoms with E-state index in [-0.39, 0.29) is 6.04 Å². The molecule has 2 rings (SSSR count). The molecule has 0 saturated heterocycles. The smallest absolute Gasteiger partial charge is 0.305 e. The Morgan fingerprint density at radius 3 is 2.74 bits per heavy atom. The highest BCUT2D eigenvalue weighted by molar-refractivity contribution is 5.95. The van der Waals surface area contributed by atoms with Gasteiger partial charge in [0.1, 0.15) is 11.4 Å². The first-order valence-corrected chi connectivity index (χ1v) is 5.89. The van der Waals surface area contributed by atoms with Crippen LogP contribution in [0.1, 0.15) is 30.1 Å². The fourth-order valence-electron chi connectivity index (χ4n) is 2.01. The molecule has 0 spiro atoms. The van der Waals surface area contributed by atoms with Crippen molar-refractivity contribution in [3.63, 3.8) is 0 Å². The number of rotatable bonds is 4. The fourth-order valence-corrected chi connectivity index (χ4v) is 2.01. The Bertz CT molecular complexity index is 548. The molecule has 1 fully saturated rings. The third-order valence-corrected chi connectivity index (χ3v) is 3.26. The maximum Gasteiger partial charge on any atom is 0.305 e. The van der Waals surface area contributed by atoms with Gasteiger partial charge in [0.05, 0.1) is 4.92 Å². The van der Waals surface area contributed by atoms with Gasteiger partial charge in [0.2, 0.25) is 5.82 Å². The van der Waals surface area contributed by atoms with Crippen molar-refractivity contribution in [2.24, 2.45) is 5.92 Å². The minimum absolute atomic E-state index is 0.101. The molecule has 5 nitrogen and oxygen atoms in total. The van der Waals surface area contributed by atoms with Crippen LogP contribution >= 0.6 is 0 Å². The quantitative estimate of drug-likeness (QED) is 0.674. The molecule has 1 aliphatic carbocycles. The molecule has 1 aliphatic rings. The third kappa shape index (κ3) is 2.54. The maximum atomic E-state index is 13.7. The standard InChI is InChI=1S/C12H12F2N2O3/c1-2-6-5-8(6)15-12(17)10-7(13)3-4-9(11(10)14)16(18)19/h3-4,6,8H,2,5H2,1H3,(H,15,17). The lowest BCUT2D eigenvalue weighted by atomic mass is 10.1. The second kappa shape index (κ2) is 4.91. The molecule has 19 heavy (non-hydrogen) atoms. The lowest BCUT2D eigenvalue weighted by molar-refractivity contribution is -0.387. The summed E-state index contributed by atoms with van der Waals surface area (Å²) in [6.07, 6.45) is 1.63. The van der Waals surface area contributed by atoms with Gasteiger partial charge in [-0.25, -0.2) is 4.39 Å². The number of amides is 1. The van der Waals surface area contributed by atoms with E-state index in [1.54, 1.807) is 0 Å². The Morgan fingerprint density at radius 1 is 1.53 bits per heavy atom. The Kier molecular flexibility index (Phi) is 3.46. The molecule has 1 aromatic carbocycles. The van der Waals surface area contributed by atoms with Crippen LogP contribution in [0.3, 0.4) is 0 Å². The van der Waals surface area contributed by atoms with E-state index in [1.165, 1.54) is 0 Å². The van der Waals surface area contributed by atoms with Gasteiger partial charge in [-0.05, 0) is 18.4 Å². The minimum Gasteiger partial charge on any atom is -0.349 e. The van der Waals surface area contributed by atoms with Gasteiger partial charge in [0, 0.05) is 12.1 Å². The molecule has 2 unspecified atom stereocenters. The van der Waals surface area contributed by atoms with Gasteiger partial charge >= 0.3 is 5.69 Å². The van der Waals surface area contributed by atoms with Crippen LogP contribution in [0.25, 0.3) is 0 Å². The third-order valence-electron chi connectivity index (χ3n) is 3.26. The van der Waals surface area contributed by atoms with E-state index in [0.717, 1.165) is 18.9 Å².